The Hall–Kier alpha value is -2.09. The van der Waals surface area contributed by atoms with Gasteiger partial charge in [0, 0.05) is 64.8 Å². The highest BCUT2D eigenvalue weighted by atomic mass is 16.5. The number of guanidine groups is 1. The highest BCUT2D eigenvalue weighted by molar-refractivity contribution is 5.81. The van der Waals surface area contributed by atoms with Gasteiger partial charge in [0.1, 0.15) is 6.26 Å². The first-order valence-corrected chi connectivity index (χ1v) is 8.99. The van der Waals surface area contributed by atoms with Crippen molar-refractivity contribution in [2.24, 2.45) is 4.99 Å². The second-order valence-electron chi connectivity index (χ2n) is 6.35. The van der Waals surface area contributed by atoms with Gasteiger partial charge in [0.25, 0.3) is 0 Å². The van der Waals surface area contributed by atoms with Gasteiger partial charge in [-0.3, -0.25) is 14.7 Å². The van der Waals surface area contributed by atoms with Crippen LogP contribution in [-0.4, -0.2) is 72.6 Å². The van der Waals surface area contributed by atoms with Gasteiger partial charge in [-0.05, 0) is 13.3 Å². The number of nitrogens with zero attached hydrogens (tertiary/aromatic N) is 4. The van der Waals surface area contributed by atoms with E-state index in [-0.39, 0.29) is 11.9 Å². The Morgan fingerprint density at radius 3 is 2.76 bits per heavy atom. The third-order valence-corrected chi connectivity index (χ3v) is 4.42. The van der Waals surface area contributed by atoms with Gasteiger partial charge in [-0.15, -0.1) is 0 Å². The normalized spacial score (nSPS) is 17.4. The van der Waals surface area contributed by atoms with E-state index >= 15 is 0 Å². The maximum absolute atomic E-state index is 11.8. The number of hydrogen-bond donors (Lipinski definition) is 2. The zero-order chi connectivity index (χ0) is 18.1. The van der Waals surface area contributed by atoms with Crippen molar-refractivity contribution in [3.63, 3.8) is 0 Å². The number of carbonyl (C=O) groups excluding carboxylic acids is 1. The van der Waals surface area contributed by atoms with Crippen molar-refractivity contribution in [1.29, 1.82) is 0 Å². The van der Waals surface area contributed by atoms with Crippen LogP contribution in [0.4, 0.5) is 0 Å². The van der Waals surface area contributed by atoms with Gasteiger partial charge in [0.15, 0.2) is 5.96 Å². The van der Waals surface area contributed by atoms with Gasteiger partial charge < -0.3 is 20.1 Å². The number of hydrogen-bond acceptors (Lipinski definition) is 5. The maximum atomic E-state index is 11.8. The molecule has 1 aliphatic rings. The fraction of sp³-hybridized carbons (Fsp3) is 0.706. The molecule has 0 saturated carbocycles. The molecular formula is C17H30N6O2. The first-order valence-electron chi connectivity index (χ1n) is 8.99. The number of amides is 1. The van der Waals surface area contributed by atoms with Crippen molar-refractivity contribution in [1.82, 2.24) is 25.6 Å². The quantitative estimate of drug-likeness (QED) is 0.555. The minimum Gasteiger partial charge on any atom is -0.364 e. The molecule has 140 valence electrons. The predicted octanol–water partition coefficient (Wildman–Crippen LogP) is 0.672. The Labute approximate surface area is 149 Å². The number of rotatable bonds is 7. The molecule has 8 heteroatoms. The van der Waals surface area contributed by atoms with Gasteiger partial charge >= 0.3 is 0 Å². The van der Waals surface area contributed by atoms with E-state index in [0.717, 1.165) is 50.8 Å². The van der Waals surface area contributed by atoms with Gasteiger partial charge in [-0.1, -0.05) is 12.1 Å². The lowest BCUT2D eigenvalue weighted by molar-refractivity contribution is -0.121. The molecule has 0 bridgehead atoms. The fourth-order valence-electron chi connectivity index (χ4n) is 2.74. The molecular weight excluding hydrogens is 320 g/mol. The van der Waals surface area contributed by atoms with Crippen molar-refractivity contribution in [2.75, 3.05) is 39.8 Å². The summed E-state index contributed by atoms with van der Waals surface area (Å²) in [7, 11) is 1.78. The van der Waals surface area contributed by atoms with Gasteiger partial charge in [-0.2, -0.15) is 0 Å². The zero-order valence-corrected chi connectivity index (χ0v) is 15.5. The van der Waals surface area contributed by atoms with Crippen LogP contribution in [0.25, 0.3) is 0 Å². The van der Waals surface area contributed by atoms with Gasteiger partial charge in [-0.25, -0.2) is 0 Å². The van der Waals surface area contributed by atoms with Gasteiger partial charge in [0.05, 0.1) is 5.69 Å². The van der Waals surface area contributed by atoms with Crippen molar-refractivity contribution >= 4 is 11.9 Å². The fourth-order valence-corrected chi connectivity index (χ4v) is 2.74. The zero-order valence-electron chi connectivity index (χ0n) is 15.5. The largest absolute Gasteiger partial charge is 0.364 e. The average molecular weight is 350 g/mol. The molecule has 1 fully saturated rings. The summed E-state index contributed by atoms with van der Waals surface area (Å²) in [5.74, 6) is 0.937. The molecule has 1 aromatic rings. The molecule has 1 saturated heterocycles. The third-order valence-electron chi connectivity index (χ3n) is 4.42. The molecule has 8 nitrogen and oxygen atoms in total. The van der Waals surface area contributed by atoms with Crippen LogP contribution in [-0.2, 0) is 11.3 Å². The average Bonchev–Trinajstić information content (AvgIpc) is 3.12. The molecule has 1 aliphatic heterocycles. The van der Waals surface area contributed by atoms with E-state index in [4.69, 9.17) is 4.52 Å². The number of aliphatic imine (C=N–C) groups is 1. The molecule has 25 heavy (non-hydrogen) atoms. The minimum absolute atomic E-state index is 0.0785. The summed E-state index contributed by atoms with van der Waals surface area (Å²) in [5.41, 5.74) is 0.961. The van der Waals surface area contributed by atoms with Crippen LogP contribution < -0.4 is 10.6 Å². The van der Waals surface area contributed by atoms with E-state index in [9.17, 15) is 4.79 Å². The van der Waals surface area contributed by atoms with Crippen LogP contribution >= 0.6 is 0 Å². The van der Waals surface area contributed by atoms with Crippen molar-refractivity contribution in [3.05, 3.63) is 18.0 Å². The van der Waals surface area contributed by atoms with Crippen LogP contribution in [0.15, 0.2) is 21.8 Å². The summed E-state index contributed by atoms with van der Waals surface area (Å²) in [6, 6.07) is 2.13. The molecule has 1 unspecified atom stereocenters. The first-order chi connectivity index (χ1) is 12.1. The highest BCUT2D eigenvalue weighted by Gasteiger charge is 2.20. The second kappa shape index (κ2) is 10.0. The van der Waals surface area contributed by atoms with E-state index in [1.807, 2.05) is 13.0 Å². The van der Waals surface area contributed by atoms with Crippen molar-refractivity contribution in [2.45, 2.75) is 39.3 Å². The summed E-state index contributed by atoms with van der Waals surface area (Å²) in [6.45, 7) is 9.17. The summed E-state index contributed by atoms with van der Waals surface area (Å²) in [4.78, 5) is 20.7. The second-order valence-corrected chi connectivity index (χ2v) is 6.35. The summed E-state index contributed by atoms with van der Waals surface area (Å²) < 4.78 is 4.88. The first kappa shape index (κ1) is 19.2. The summed E-state index contributed by atoms with van der Waals surface area (Å²) in [5, 5.41) is 10.2. The number of nitrogens with one attached hydrogen (secondary N) is 2. The topological polar surface area (TPSA) is 86.0 Å². The lowest BCUT2D eigenvalue weighted by atomic mass is 10.2. The molecule has 1 atom stereocenters. The lowest BCUT2D eigenvalue weighted by Crippen LogP contribution is -2.52. The standard InChI is InChI=1S/C17H30N6O2/c1-4-14(2)20-16(24)5-7-19-17(18-3)23-10-8-22(9-11-23)13-15-6-12-25-21-15/h6,12,14H,4-5,7-11,13H2,1-3H3,(H,18,19)(H,20,24). The smallest absolute Gasteiger partial charge is 0.221 e. The van der Waals surface area contributed by atoms with Gasteiger partial charge in [0.2, 0.25) is 5.91 Å². The Bertz CT molecular complexity index is 537. The molecule has 0 aromatic carbocycles. The van der Waals surface area contributed by atoms with Crippen molar-refractivity contribution < 1.29 is 9.32 Å². The van der Waals surface area contributed by atoms with Crippen LogP contribution in [0.3, 0.4) is 0 Å². The SMILES string of the molecule is CCC(C)NC(=O)CCNC(=NC)N1CCN(Cc2ccon2)CC1. The van der Waals surface area contributed by atoms with Crippen LogP contribution in [0.2, 0.25) is 0 Å². The molecule has 0 radical (unpaired) electrons. The molecule has 0 spiro atoms. The maximum Gasteiger partial charge on any atom is 0.221 e. The van der Waals surface area contributed by atoms with E-state index in [0.29, 0.717) is 13.0 Å². The molecule has 1 amide bonds. The Kier molecular flexibility index (Phi) is 7.72. The Morgan fingerprint density at radius 2 is 2.16 bits per heavy atom. The molecule has 2 heterocycles. The summed E-state index contributed by atoms with van der Waals surface area (Å²) in [6.07, 6.45) is 3.00. The number of piperazine rings is 1. The third kappa shape index (κ3) is 6.38. The monoisotopic (exact) mass is 350 g/mol. The highest BCUT2D eigenvalue weighted by Crippen LogP contribution is 2.07. The molecule has 2 N–H and O–H groups in total. The van der Waals surface area contributed by atoms with Crippen LogP contribution in [0.5, 0.6) is 0 Å². The minimum atomic E-state index is 0.0785. The lowest BCUT2D eigenvalue weighted by Gasteiger charge is -2.36. The Balaban J connectivity index is 1.68. The number of aromatic nitrogens is 1. The van der Waals surface area contributed by atoms with E-state index in [1.165, 1.54) is 0 Å². The predicted molar refractivity (Wildman–Crippen MR) is 97.2 cm³/mol. The van der Waals surface area contributed by atoms with Crippen LogP contribution in [0, 0.1) is 0 Å². The molecule has 1 aromatic heterocycles. The molecule has 2 rings (SSSR count). The number of carbonyl (C=O) groups is 1. The van der Waals surface area contributed by atoms with Crippen molar-refractivity contribution in [3.8, 4) is 0 Å². The van der Waals surface area contributed by atoms with E-state index < -0.39 is 0 Å². The summed E-state index contributed by atoms with van der Waals surface area (Å²) >= 11 is 0. The van der Waals surface area contributed by atoms with E-state index in [2.05, 4.69) is 37.5 Å². The Morgan fingerprint density at radius 1 is 1.40 bits per heavy atom. The van der Waals surface area contributed by atoms with E-state index in [1.54, 1.807) is 13.3 Å². The molecule has 0 aliphatic carbocycles. The van der Waals surface area contributed by atoms with Crippen LogP contribution in [0.1, 0.15) is 32.4 Å².